The van der Waals surface area contributed by atoms with Crippen LogP contribution in [0.2, 0.25) is 0 Å². The van der Waals surface area contributed by atoms with Gasteiger partial charge in [-0.1, -0.05) is 0 Å². The van der Waals surface area contributed by atoms with Crippen LogP contribution in [0.15, 0.2) is 18.3 Å². The molecule has 0 fully saturated rings. The third kappa shape index (κ3) is 4.23. The number of hydrogen-bond donors (Lipinski definition) is 1. The van der Waals surface area contributed by atoms with Gasteiger partial charge in [-0.05, 0) is 31.9 Å². The van der Waals surface area contributed by atoms with Crippen molar-refractivity contribution in [1.29, 1.82) is 0 Å². The van der Waals surface area contributed by atoms with Crippen LogP contribution < -0.4 is 10.1 Å². The van der Waals surface area contributed by atoms with E-state index in [0.717, 1.165) is 12.8 Å². The molecule has 1 N–H and O–H groups in total. The van der Waals surface area contributed by atoms with Gasteiger partial charge in [-0.3, -0.25) is 4.79 Å². The molecule has 5 heteroatoms. The van der Waals surface area contributed by atoms with Gasteiger partial charge in [0.2, 0.25) is 5.88 Å². The van der Waals surface area contributed by atoms with Gasteiger partial charge in [0.15, 0.2) is 0 Å². The molecule has 0 aliphatic heterocycles. The lowest BCUT2D eigenvalue weighted by molar-refractivity contribution is 0.0934. The van der Waals surface area contributed by atoms with Crippen LogP contribution in [0, 0.1) is 0 Å². The Bertz CT molecular complexity index is 371. The number of nitrogens with one attached hydrogen (secondary N) is 1. The second kappa shape index (κ2) is 7.12. The van der Waals surface area contributed by atoms with E-state index in [1.807, 2.05) is 6.92 Å². The minimum Gasteiger partial charge on any atom is -0.480 e. The van der Waals surface area contributed by atoms with Crippen LogP contribution in [0.5, 0.6) is 5.88 Å². The van der Waals surface area contributed by atoms with Crippen molar-refractivity contribution in [1.82, 2.24) is 10.3 Å². The van der Waals surface area contributed by atoms with Crippen LogP contribution in [0.4, 0.5) is 0 Å². The molecule has 1 aromatic rings. The predicted octanol–water partition coefficient (Wildman–Crippen LogP) is 2.23. The van der Waals surface area contributed by atoms with Crippen molar-refractivity contribution >= 4 is 17.5 Å². The minimum absolute atomic E-state index is 0.0890. The molecule has 1 unspecified atom stereocenters. The Hall–Kier alpha value is -1.29. The van der Waals surface area contributed by atoms with E-state index < -0.39 is 0 Å². The van der Waals surface area contributed by atoms with Crippen LogP contribution >= 0.6 is 11.6 Å². The predicted molar refractivity (Wildman–Crippen MR) is 67.7 cm³/mol. The number of nitrogens with zero attached hydrogens (tertiary/aromatic N) is 1. The molecule has 94 valence electrons. The van der Waals surface area contributed by atoms with E-state index in [1.165, 1.54) is 7.11 Å². The van der Waals surface area contributed by atoms with Gasteiger partial charge in [0.1, 0.15) is 5.56 Å². The van der Waals surface area contributed by atoms with E-state index in [0.29, 0.717) is 17.3 Å². The first-order valence-corrected chi connectivity index (χ1v) is 6.08. The summed E-state index contributed by atoms with van der Waals surface area (Å²) in [6.07, 6.45) is 3.33. The van der Waals surface area contributed by atoms with Crippen molar-refractivity contribution < 1.29 is 9.53 Å². The number of ether oxygens (including phenoxy) is 1. The Balaban J connectivity index is 2.63. The van der Waals surface area contributed by atoms with Crippen LogP contribution in [0.25, 0.3) is 0 Å². The fourth-order valence-electron chi connectivity index (χ4n) is 1.48. The van der Waals surface area contributed by atoms with Crippen molar-refractivity contribution in [3.63, 3.8) is 0 Å². The maximum absolute atomic E-state index is 11.9. The molecule has 0 saturated carbocycles. The standard InChI is InChI=1S/C12H17ClN2O2/c1-9(5-3-7-13)15-11(16)10-6-4-8-14-12(10)17-2/h4,6,8-9H,3,5,7H2,1-2H3,(H,15,16). The van der Waals surface area contributed by atoms with Gasteiger partial charge in [-0.2, -0.15) is 0 Å². The summed E-state index contributed by atoms with van der Waals surface area (Å²) < 4.78 is 5.04. The summed E-state index contributed by atoms with van der Waals surface area (Å²) in [6.45, 7) is 1.95. The second-order valence-electron chi connectivity index (χ2n) is 3.77. The van der Waals surface area contributed by atoms with Crippen molar-refractivity contribution in [3.05, 3.63) is 23.9 Å². The Kier molecular flexibility index (Phi) is 5.77. The largest absolute Gasteiger partial charge is 0.480 e. The highest BCUT2D eigenvalue weighted by Gasteiger charge is 2.14. The molecule has 1 heterocycles. The van der Waals surface area contributed by atoms with E-state index >= 15 is 0 Å². The summed E-state index contributed by atoms with van der Waals surface area (Å²) in [5, 5.41) is 2.89. The van der Waals surface area contributed by atoms with E-state index in [2.05, 4.69) is 10.3 Å². The van der Waals surface area contributed by atoms with Crippen molar-refractivity contribution in [2.24, 2.45) is 0 Å². The number of carbonyl (C=O) groups excluding carboxylic acids is 1. The summed E-state index contributed by atoms with van der Waals surface area (Å²) in [4.78, 5) is 15.9. The summed E-state index contributed by atoms with van der Waals surface area (Å²) in [7, 11) is 1.50. The van der Waals surface area contributed by atoms with Gasteiger partial charge in [-0.25, -0.2) is 4.98 Å². The molecule has 0 aromatic carbocycles. The number of carbonyl (C=O) groups is 1. The third-order valence-corrected chi connectivity index (χ3v) is 2.62. The lowest BCUT2D eigenvalue weighted by atomic mass is 10.1. The zero-order chi connectivity index (χ0) is 12.7. The SMILES string of the molecule is COc1ncccc1C(=O)NC(C)CCCCl. The Morgan fingerprint density at radius 2 is 2.41 bits per heavy atom. The molecular weight excluding hydrogens is 240 g/mol. The fraction of sp³-hybridized carbons (Fsp3) is 0.500. The molecule has 1 rings (SSSR count). The third-order valence-electron chi connectivity index (χ3n) is 2.36. The average molecular weight is 257 g/mol. The first kappa shape index (κ1) is 13.8. The molecule has 1 aromatic heterocycles. The number of amides is 1. The van der Waals surface area contributed by atoms with Gasteiger partial charge in [0, 0.05) is 18.1 Å². The maximum atomic E-state index is 11.9. The monoisotopic (exact) mass is 256 g/mol. The Morgan fingerprint density at radius 3 is 3.06 bits per heavy atom. The zero-order valence-corrected chi connectivity index (χ0v) is 10.8. The highest BCUT2D eigenvalue weighted by molar-refractivity contribution is 6.17. The maximum Gasteiger partial charge on any atom is 0.256 e. The molecular formula is C12H17ClN2O2. The molecule has 1 atom stereocenters. The Morgan fingerprint density at radius 1 is 1.65 bits per heavy atom. The number of hydrogen-bond acceptors (Lipinski definition) is 3. The zero-order valence-electron chi connectivity index (χ0n) is 10.1. The minimum atomic E-state index is -0.169. The van der Waals surface area contributed by atoms with E-state index in [-0.39, 0.29) is 11.9 Å². The quantitative estimate of drug-likeness (QED) is 0.794. The molecule has 0 radical (unpaired) electrons. The number of methoxy groups -OCH3 is 1. The molecule has 0 aliphatic carbocycles. The summed E-state index contributed by atoms with van der Waals surface area (Å²) in [5.41, 5.74) is 0.452. The fourth-order valence-corrected chi connectivity index (χ4v) is 1.64. The highest BCUT2D eigenvalue weighted by atomic mass is 35.5. The highest BCUT2D eigenvalue weighted by Crippen LogP contribution is 2.13. The summed E-state index contributed by atoms with van der Waals surface area (Å²) >= 11 is 5.60. The number of rotatable bonds is 6. The first-order valence-electron chi connectivity index (χ1n) is 5.55. The van der Waals surface area contributed by atoms with Gasteiger partial charge >= 0.3 is 0 Å². The molecule has 0 aliphatic rings. The number of halogens is 1. The Labute approximate surface area is 106 Å². The van der Waals surface area contributed by atoms with E-state index in [1.54, 1.807) is 18.3 Å². The lowest BCUT2D eigenvalue weighted by Gasteiger charge is -2.14. The lowest BCUT2D eigenvalue weighted by Crippen LogP contribution is -2.32. The topological polar surface area (TPSA) is 51.2 Å². The van der Waals surface area contributed by atoms with Crippen LogP contribution in [-0.4, -0.2) is 29.9 Å². The normalized spacial score (nSPS) is 11.9. The number of aromatic nitrogens is 1. The van der Waals surface area contributed by atoms with Gasteiger partial charge < -0.3 is 10.1 Å². The molecule has 17 heavy (non-hydrogen) atoms. The molecule has 1 amide bonds. The van der Waals surface area contributed by atoms with Crippen LogP contribution in [0.1, 0.15) is 30.1 Å². The van der Waals surface area contributed by atoms with Gasteiger partial charge in [0.25, 0.3) is 5.91 Å². The summed E-state index contributed by atoms with van der Waals surface area (Å²) in [6, 6.07) is 3.49. The summed E-state index contributed by atoms with van der Waals surface area (Å²) in [5.74, 6) is 0.780. The van der Waals surface area contributed by atoms with Gasteiger partial charge in [-0.15, -0.1) is 11.6 Å². The first-order chi connectivity index (χ1) is 8.19. The van der Waals surface area contributed by atoms with Crippen molar-refractivity contribution in [2.75, 3.05) is 13.0 Å². The smallest absolute Gasteiger partial charge is 0.256 e. The van der Waals surface area contributed by atoms with Crippen molar-refractivity contribution in [3.8, 4) is 5.88 Å². The number of pyridine rings is 1. The molecule has 4 nitrogen and oxygen atoms in total. The average Bonchev–Trinajstić information content (AvgIpc) is 2.36. The van der Waals surface area contributed by atoms with E-state index in [4.69, 9.17) is 16.3 Å². The van der Waals surface area contributed by atoms with E-state index in [9.17, 15) is 4.79 Å². The van der Waals surface area contributed by atoms with Crippen LogP contribution in [-0.2, 0) is 0 Å². The second-order valence-corrected chi connectivity index (χ2v) is 4.14. The number of alkyl halides is 1. The van der Waals surface area contributed by atoms with Crippen LogP contribution in [0.3, 0.4) is 0 Å². The molecule has 0 saturated heterocycles. The van der Waals surface area contributed by atoms with Crippen molar-refractivity contribution in [2.45, 2.75) is 25.8 Å². The molecule has 0 bridgehead atoms. The molecule has 0 spiro atoms. The van der Waals surface area contributed by atoms with Gasteiger partial charge in [0.05, 0.1) is 7.11 Å².